The van der Waals surface area contributed by atoms with Gasteiger partial charge in [0.25, 0.3) is 0 Å². The molecule has 1 aromatic heterocycles. The van der Waals surface area contributed by atoms with E-state index in [4.69, 9.17) is 0 Å². The highest BCUT2D eigenvalue weighted by atomic mass is 16.2. The number of amides is 1. The Labute approximate surface area is 95.9 Å². The molecule has 5 nitrogen and oxygen atoms in total. The Balaban J connectivity index is 2.53. The minimum absolute atomic E-state index is 0.0433. The summed E-state index contributed by atoms with van der Waals surface area (Å²) in [5.41, 5.74) is 0.890. The molecule has 0 aliphatic rings. The number of anilines is 2. The van der Waals surface area contributed by atoms with Crippen molar-refractivity contribution in [1.29, 1.82) is 0 Å². The van der Waals surface area contributed by atoms with Crippen LogP contribution in [0.25, 0.3) is 0 Å². The zero-order valence-corrected chi connectivity index (χ0v) is 9.95. The van der Waals surface area contributed by atoms with Gasteiger partial charge in [0.15, 0.2) is 0 Å². The monoisotopic (exact) mass is 222 g/mol. The van der Waals surface area contributed by atoms with Crippen LogP contribution in [0.5, 0.6) is 0 Å². The normalized spacial score (nSPS) is 9.69. The van der Waals surface area contributed by atoms with Crippen molar-refractivity contribution in [2.75, 3.05) is 37.8 Å². The van der Waals surface area contributed by atoms with Gasteiger partial charge in [-0.3, -0.25) is 4.79 Å². The number of hydrogen-bond donors (Lipinski definition) is 2. The maximum atomic E-state index is 11.4. The maximum Gasteiger partial charge on any atom is 0.241 e. The molecule has 5 heteroatoms. The lowest BCUT2D eigenvalue weighted by Gasteiger charge is -2.12. The van der Waals surface area contributed by atoms with Crippen LogP contribution in [-0.2, 0) is 4.79 Å². The fourth-order valence-corrected chi connectivity index (χ4v) is 1.15. The van der Waals surface area contributed by atoms with Gasteiger partial charge in [0, 0.05) is 38.6 Å². The minimum atomic E-state index is 0.0433. The second-order valence-electron chi connectivity index (χ2n) is 3.60. The van der Waals surface area contributed by atoms with Crippen LogP contribution in [0, 0.1) is 0 Å². The maximum absolute atomic E-state index is 11.4. The lowest BCUT2D eigenvalue weighted by molar-refractivity contribution is -0.126. The molecule has 0 aliphatic heterocycles. The number of hydrogen-bond acceptors (Lipinski definition) is 4. The zero-order chi connectivity index (χ0) is 12.0. The molecule has 0 saturated heterocycles. The van der Waals surface area contributed by atoms with Gasteiger partial charge in [0.05, 0.1) is 6.54 Å². The van der Waals surface area contributed by atoms with E-state index in [-0.39, 0.29) is 5.91 Å². The van der Waals surface area contributed by atoms with Crippen molar-refractivity contribution in [2.45, 2.75) is 6.92 Å². The molecule has 16 heavy (non-hydrogen) atoms. The van der Waals surface area contributed by atoms with E-state index >= 15 is 0 Å². The summed E-state index contributed by atoms with van der Waals surface area (Å²) in [5, 5.41) is 6.17. The lowest BCUT2D eigenvalue weighted by Crippen LogP contribution is -2.28. The Hall–Kier alpha value is -1.78. The number of nitrogens with one attached hydrogen (secondary N) is 2. The average Bonchev–Trinajstić information content (AvgIpc) is 2.26. The number of carbonyl (C=O) groups excluding carboxylic acids is 1. The van der Waals surface area contributed by atoms with Crippen molar-refractivity contribution in [1.82, 2.24) is 9.88 Å². The van der Waals surface area contributed by atoms with E-state index in [1.807, 2.05) is 19.1 Å². The Morgan fingerprint density at radius 3 is 2.81 bits per heavy atom. The van der Waals surface area contributed by atoms with Crippen LogP contribution in [-0.4, -0.2) is 43.0 Å². The average molecular weight is 222 g/mol. The van der Waals surface area contributed by atoms with Gasteiger partial charge in [-0.1, -0.05) is 0 Å². The van der Waals surface area contributed by atoms with Crippen LogP contribution in [0.1, 0.15) is 6.92 Å². The molecule has 0 saturated carbocycles. The molecule has 0 aliphatic carbocycles. The van der Waals surface area contributed by atoms with Crippen LogP contribution >= 0.6 is 0 Å². The first kappa shape index (κ1) is 12.3. The van der Waals surface area contributed by atoms with E-state index in [1.54, 1.807) is 25.2 Å². The number of nitrogens with zero attached hydrogens (tertiary/aromatic N) is 2. The lowest BCUT2D eigenvalue weighted by atomic mass is 10.3. The van der Waals surface area contributed by atoms with Crippen molar-refractivity contribution in [3.63, 3.8) is 0 Å². The second-order valence-corrected chi connectivity index (χ2v) is 3.60. The van der Waals surface area contributed by atoms with E-state index in [0.29, 0.717) is 6.54 Å². The molecule has 0 spiro atoms. The molecule has 2 N–H and O–H groups in total. The van der Waals surface area contributed by atoms with Crippen molar-refractivity contribution < 1.29 is 4.79 Å². The van der Waals surface area contributed by atoms with Gasteiger partial charge < -0.3 is 15.5 Å². The predicted octanol–water partition coefficient (Wildman–Crippen LogP) is 1.01. The second kappa shape index (κ2) is 5.95. The van der Waals surface area contributed by atoms with Crippen LogP contribution in [0.2, 0.25) is 0 Å². The van der Waals surface area contributed by atoms with Gasteiger partial charge in [-0.05, 0) is 13.0 Å². The van der Waals surface area contributed by atoms with Gasteiger partial charge in [-0.25, -0.2) is 4.98 Å². The van der Waals surface area contributed by atoms with Crippen molar-refractivity contribution >= 4 is 17.4 Å². The number of pyridine rings is 1. The molecule has 1 aromatic rings. The third-order valence-electron chi connectivity index (χ3n) is 2.06. The molecule has 1 rings (SSSR count). The highest BCUT2D eigenvalue weighted by molar-refractivity contribution is 5.80. The van der Waals surface area contributed by atoms with Gasteiger partial charge in [-0.15, -0.1) is 0 Å². The Morgan fingerprint density at radius 2 is 2.19 bits per heavy atom. The van der Waals surface area contributed by atoms with Crippen molar-refractivity contribution in [2.24, 2.45) is 0 Å². The first-order valence-corrected chi connectivity index (χ1v) is 5.27. The summed E-state index contributed by atoms with van der Waals surface area (Å²) in [6.45, 7) is 3.13. The van der Waals surface area contributed by atoms with Gasteiger partial charge in [0.1, 0.15) is 5.82 Å². The molecule has 0 atom stereocenters. The van der Waals surface area contributed by atoms with Gasteiger partial charge >= 0.3 is 0 Å². The van der Waals surface area contributed by atoms with Crippen molar-refractivity contribution in [3.8, 4) is 0 Å². The quantitative estimate of drug-likeness (QED) is 0.780. The Kier molecular flexibility index (Phi) is 4.57. The van der Waals surface area contributed by atoms with Crippen molar-refractivity contribution in [3.05, 3.63) is 18.3 Å². The number of carbonyl (C=O) groups is 1. The van der Waals surface area contributed by atoms with Gasteiger partial charge in [0.2, 0.25) is 5.91 Å². The molecule has 1 amide bonds. The van der Waals surface area contributed by atoms with Crippen LogP contribution in [0.3, 0.4) is 0 Å². The number of aromatic nitrogens is 1. The molecule has 0 radical (unpaired) electrons. The van der Waals surface area contributed by atoms with E-state index in [9.17, 15) is 4.79 Å². The molecule has 88 valence electrons. The largest absolute Gasteiger partial charge is 0.376 e. The molecule has 1 heterocycles. The fraction of sp³-hybridized carbons (Fsp3) is 0.455. The summed E-state index contributed by atoms with van der Waals surface area (Å²) < 4.78 is 0. The summed E-state index contributed by atoms with van der Waals surface area (Å²) in [4.78, 5) is 17.1. The van der Waals surface area contributed by atoms with Gasteiger partial charge in [-0.2, -0.15) is 0 Å². The standard InChI is InChI=1S/C11H18N4O/c1-4-12-10-7-9(5-6-13-10)14-8-11(16)15(2)3/h5-7H,4,8H2,1-3H3,(H2,12,13,14). The third-order valence-corrected chi connectivity index (χ3v) is 2.06. The number of rotatable bonds is 5. The van der Waals surface area contributed by atoms with E-state index in [2.05, 4.69) is 15.6 Å². The molecular weight excluding hydrogens is 204 g/mol. The minimum Gasteiger partial charge on any atom is -0.376 e. The highest BCUT2D eigenvalue weighted by Crippen LogP contribution is 2.11. The van der Waals surface area contributed by atoms with Crippen LogP contribution in [0.15, 0.2) is 18.3 Å². The fourth-order valence-electron chi connectivity index (χ4n) is 1.15. The molecular formula is C11H18N4O. The number of likely N-dealkylation sites (N-methyl/N-ethyl adjacent to an activating group) is 1. The topological polar surface area (TPSA) is 57.3 Å². The summed E-state index contributed by atoms with van der Waals surface area (Å²) in [5.74, 6) is 0.853. The Morgan fingerprint density at radius 1 is 1.44 bits per heavy atom. The molecule has 0 aromatic carbocycles. The SMILES string of the molecule is CCNc1cc(NCC(=O)N(C)C)ccn1. The predicted molar refractivity (Wildman–Crippen MR) is 65.6 cm³/mol. The van der Waals surface area contributed by atoms with Crippen LogP contribution < -0.4 is 10.6 Å². The third kappa shape index (κ3) is 3.76. The first-order valence-electron chi connectivity index (χ1n) is 5.27. The summed E-state index contributed by atoms with van der Waals surface area (Å²) in [6.07, 6.45) is 1.71. The summed E-state index contributed by atoms with van der Waals surface area (Å²) in [6, 6.07) is 3.72. The summed E-state index contributed by atoms with van der Waals surface area (Å²) in [7, 11) is 3.47. The van der Waals surface area contributed by atoms with Crippen LogP contribution in [0.4, 0.5) is 11.5 Å². The highest BCUT2D eigenvalue weighted by Gasteiger charge is 2.03. The first-order chi connectivity index (χ1) is 7.63. The molecule has 0 unspecified atom stereocenters. The molecule has 0 fully saturated rings. The summed E-state index contributed by atoms with van der Waals surface area (Å²) >= 11 is 0. The smallest absolute Gasteiger partial charge is 0.241 e. The zero-order valence-electron chi connectivity index (χ0n) is 9.95. The van der Waals surface area contributed by atoms with E-state index < -0.39 is 0 Å². The van der Waals surface area contributed by atoms with E-state index in [1.165, 1.54) is 0 Å². The Bertz CT molecular complexity index is 352. The molecule has 0 bridgehead atoms. The van der Waals surface area contributed by atoms with E-state index in [0.717, 1.165) is 18.1 Å².